The van der Waals surface area contributed by atoms with Crippen LogP contribution in [0.2, 0.25) is 0 Å². The Morgan fingerprint density at radius 3 is 1.00 bits per heavy atom. The Kier molecular flexibility index (Phi) is 23.1. The molecule has 0 radical (unpaired) electrons. The van der Waals surface area contributed by atoms with Crippen molar-refractivity contribution in [2.75, 3.05) is 65.7 Å². The molecule has 4 N–H and O–H groups in total. The van der Waals surface area contributed by atoms with Crippen molar-refractivity contribution in [3.05, 3.63) is 0 Å². The van der Waals surface area contributed by atoms with Crippen LogP contribution < -0.4 is 0 Å². The average Bonchev–Trinajstić information content (AvgIpc) is 2.47. The molecule has 0 bridgehead atoms. The Morgan fingerprint density at radius 2 is 0.786 bits per heavy atom. The van der Waals surface area contributed by atoms with Crippen LogP contribution in [0.3, 0.4) is 0 Å². The molecule has 154 valence electrons. The summed E-state index contributed by atoms with van der Waals surface area (Å²) in [6.45, 7) is -0.790. The van der Waals surface area contributed by atoms with E-state index in [2.05, 4.69) is 0 Å². The molecule has 0 heterocycles. The SMILES string of the molecule is O=C(O)CN(CCOCCOCCN(CC(=O)O)CC(=O)O)CC(=O)O.[NaH].[NaH]. The van der Waals surface area contributed by atoms with E-state index in [-0.39, 0.29) is 98.6 Å². The van der Waals surface area contributed by atoms with Gasteiger partial charge in [-0.15, -0.1) is 0 Å². The zero-order valence-electron chi connectivity index (χ0n) is 14.2. The topological polar surface area (TPSA) is 174 Å². The second-order valence-electron chi connectivity index (χ2n) is 5.22. The normalized spacial score (nSPS) is 10.2. The number of ether oxygens (including phenoxy) is 2. The fourth-order valence-corrected chi connectivity index (χ4v) is 1.90. The van der Waals surface area contributed by atoms with Crippen molar-refractivity contribution in [1.29, 1.82) is 0 Å². The van der Waals surface area contributed by atoms with Crippen molar-refractivity contribution in [3.8, 4) is 0 Å². The molecule has 12 nitrogen and oxygen atoms in total. The molecular formula is C14H26N2Na2O10. The van der Waals surface area contributed by atoms with Crippen molar-refractivity contribution in [2.24, 2.45) is 0 Å². The van der Waals surface area contributed by atoms with Crippen LogP contribution in [0.25, 0.3) is 0 Å². The molecule has 0 amide bonds. The molecule has 0 saturated carbocycles. The first-order valence-electron chi connectivity index (χ1n) is 7.68. The third kappa shape index (κ3) is 22.0. The minimum absolute atomic E-state index is 0. The van der Waals surface area contributed by atoms with Crippen LogP contribution in [0.5, 0.6) is 0 Å². The molecule has 0 unspecified atom stereocenters. The molecule has 0 aromatic heterocycles. The van der Waals surface area contributed by atoms with Crippen LogP contribution in [0.15, 0.2) is 0 Å². The van der Waals surface area contributed by atoms with E-state index in [1.807, 2.05) is 0 Å². The number of carboxylic acid groups (broad SMARTS) is 4. The number of nitrogens with zero attached hydrogens (tertiary/aromatic N) is 2. The summed E-state index contributed by atoms with van der Waals surface area (Å²) in [5.41, 5.74) is 0. The van der Waals surface area contributed by atoms with Crippen molar-refractivity contribution in [1.82, 2.24) is 9.80 Å². The molecule has 28 heavy (non-hydrogen) atoms. The number of aliphatic carboxylic acids is 4. The van der Waals surface area contributed by atoms with Gasteiger partial charge in [0.1, 0.15) is 0 Å². The third-order valence-corrected chi connectivity index (χ3v) is 2.91. The minimum atomic E-state index is -1.14. The summed E-state index contributed by atoms with van der Waals surface area (Å²) in [7, 11) is 0. The van der Waals surface area contributed by atoms with E-state index in [4.69, 9.17) is 29.9 Å². The molecule has 0 rings (SSSR count). The first-order valence-corrected chi connectivity index (χ1v) is 7.68. The molecule has 0 aromatic rings. The first kappa shape index (κ1) is 32.4. The van der Waals surface area contributed by atoms with Gasteiger partial charge in [0.2, 0.25) is 0 Å². The van der Waals surface area contributed by atoms with E-state index < -0.39 is 50.1 Å². The Bertz CT molecular complexity index is 407. The van der Waals surface area contributed by atoms with Gasteiger partial charge in [-0.2, -0.15) is 0 Å². The van der Waals surface area contributed by atoms with Crippen molar-refractivity contribution in [3.63, 3.8) is 0 Å². The monoisotopic (exact) mass is 428 g/mol. The van der Waals surface area contributed by atoms with Crippen molar-refractivity contribution < 1.29 is 49.1 Å². The van der Waals surface area contributed by atoms with Gasteiger partial charge in [0.25, 0.3) is 0 Å². The van der Waals surface area contributed by atoms with Gasteiger partial charge in [-0.05, 0) is 0 Å². The fraction of sp³-hybridized carbons (Fsp3) is 0.714. The third-order valence-electron chi connectivity index (χ3n) is 2.91. The molecule has 0 spiro atoms. The summed E-state index contributed by atoms with van der Waals surface area (Å²) < 4.78 is 10.4. The summed E-state index contributed by atoms with van der Waals surface area (Å²) in [5, 5.41) is 34.7. The Labute approximate surface area is 206 Å². The molecule has 0 aliphatic rings. The molecule has 0 atom stereocenters. The van der Waals surface area contributed by atoms with Crippen LogP contribution >= 0.6 is 0 Å². The van der Waals surface area contributed by atoms with Gasteiger partial charge in [-0.25, -0.2) is 0 Å². The second-order valence-corrected chi connectivity index (χ2v) is 5.22. The Morgan fingerprint density at radius 1 is 0.536 bits per heavy atom. The van der Waals surface area contributed by atoms with Crippen LogP contribution in [-0.2, 0) is 28.7 Å². The first-order chi connectivity index (χ1) is 12.2. The number of carboxylic acids is 4. The molecule has 14 heteroatoms. The maximum atomic E-state index is 10.6. The van der Waals surface area contributed by atoms with Gasteiger partial charge in [0.15, 0.2) is 0 Å². The van der Waals surface area contributed by atoms with Crippen molar-refractivity contribution >= 4 is 83.0 Å². The number of carbonyl (C=O) groups is 4. The average molecular weight is 428 g/mol. The summed E-state index contributed by atoms with van der Waals surface area (Å²) in [5.74, 6) is -4.55. The maximum absolute atomic E-state index is 10.6. The van der Waals surface area contributed by atoms with Gasteiger partial charge in [-0.3, -0.25) is 29.0 Å². The van der Waals surface area contributed by atoms with E-state index in [0.29, 0.717) is 0 Å². The van der Waals surface area contributed by atoms with E-state index in [1.165, 1.54) is 9.80 Å². The summed E-state index contributed by atoms with van der Waals surface area (Å²) >= 11 is 0. The molecule has 0 aliphatic heterocycles. The summed E-state index contributed by atoms with van der Waals surface area (Å²) in [6, 6.07) is 0. The van der Waals surface area contributed by atoms with Crippen LogP contribution in [0.4, 0.5) is 0 Å². The summed E-state index contributed by atoms with van der Waals surface area (Å²) in [4.78, 5) is 44.9. The zero-order chi connectivity index (χ0) is 19.9. The van der Waals surface area contributed by atoms with E-state index in [9.17, 15) is 19.2 Å². The Balaban J connectivity index is -0.00000312. The predicted molar refractivity (Wildman–Crippen MR) is 99.4 cm³/mol. The summed E-state index contributed by atoms with van der Waals surface area (Å²) in [6.07, 6.45) is 0. The van der Waals surface area contributed by atoms with E-state index >= 15 is 0 Å². The number of hydrogen-bond donors (Lipinski definition) is 4. The number of rotatable bonds is 17. The zero-order valence-corrected chi connectivity index (χ0v) is 14.2. The van der Waals surface area contributed by atoms with Crippen LogP contribution in [-0.4, -0.2) is 179 Å². The van der Waals surface area contributed by atoms with E-state index in [0.717, 1.165) is 0 Å². The Hall–Kier alpha value is -0.280. The van der Waals surface area contributed by atoms with Crippen LogP contribution in [0.1, 0.15) is 0 Å². The standard InChI is InChI=1S/C14H24N2O10.2Na.2H/c17-11(18)7-15(8-12(19)20)1-3-25-5-6-26-4-2-16(9-13(21)22)10-14(23)24;;;;/h1-10H2,(H,17,18)(H,19,20)(H,21,22)(H,23,24);;;;. The van der Waals surface area contributed by atoms with E-state index in [1.54, 1.807) is 0 Å². The van der Waals surface area contributed by atoms with Crippen molar-refractivity contribution in [2.45, 2.75) is 0 Å². The second kappa shape index (κ2) is 20.0. The molecular weight excluding hydrogens is 402 g/mol. The molecule has 0 aliphatic carbocycles. The van der Waals surface area contributed by atoms with Gasteiger partial charge in [-0.1, -0.05) is 0 Å². The predicted octanol–water partition coefficient (Wildman–Crippen LogP) is -3.33. The van der Waals surface area contributed by atoms with Gasteiger partial charge >= 0.3 is 83.0 Å². The quantitative estimate of drug-likeness (QED) is 0.134. The molecule has 0 fully saturated rings. The molecule has 0 aromatic carbocycles. The van der Waals surface area contributed by atoms with Gasteiger partial charge < -0.3 is 29.9 Å². The number of hydrogen-bond acceptors (Lipinski definition) is 8. The van der Waals surface area contributed by atoms with Crippen LogP contribution in [0, 0.1) is 0 Å². The molecule has 0 saturated heterocycles. The fourth-order valence-electron chi connectivity index (χ4n) is 1.90. The van der Waals surface area contributed by atoms with Gasteiger partial charge in [0.05, 0.1) is 52.6 Å². The van der Waals surface area contributed by atoms with Gasteiger partial charge in [0, 0.05) is 13.1 Å².